The van der Waals surface area contributed by atoms with Crippen LogP contribution in [0.25, 0.3) is 0 Å². The molecule has 0 radical (unpaired) electrons. The molecule has 9 heteroatoms. The highest BCUT2D eigenvalue weighted by molar-refractivity contribution is 7.92. The van der Waals surface area contributed by atoms with Gasteiger partial charge in [0.05, 0.1) is 11.5 Å². The average molecular weight is 313 g/mol. The van der Waals surface area contributed by atoms with E-state index in [-0.39, 0.29) is 24.5 Å². The second kappa shape index (κ2) is 6.19. The van der Waals surface area contributed by atoms with Crippen molar-refractivity contribution in [1.82, 2.24) is 4.31 Å². The molecule has 0 aromatic carbocycles. The number of hydrogen-bond acceptors (Lipinski definition) is 5. The summed E-state index contributed by atoms with van der Waals surface area (Å²) in [4.78, 5) is 10.6. The molecule has 1 unspecified atom stereocenters. The first-order chi connectivity index (χ1) is 8.68. The van der Waals surface area contributed by atoms with E-state index in [4.69, 9.17) is 5.11 Å². The first-order valence-corrected chi connectivity index (χ1v) is 9.53. The maximum absolute atomic E-state index is 12.0. The lowest BCUT2D eigenvalue weighted by atomic mass is 10.2. The molecule has 0 amide bonds. The number of sulfone groups is 1. The van der Waals surface area contributed by atoms with Gasteiger partial charge in [0, 0.05) is 12.6 Å². The molecule has 1 heterocycles. The predicted octanol–water partition coefficient (Wildman–Crippen LogP) is -0.310. The van der Waals surface area contributed by atoms with Crippen LogP contribution in [0.1, 0.15) is 26.2 Å². The van der Waals surface area contributed by atoms with E-state index in [1.807, 2.05) is 6.92 Å². The first-order valence-electron chi connectivity index (χ1n) is 6.09. The van der Waals surface area contributed by atoms with Crippen molar-refractivity contribution in [3.05, 3.63) is 0 Å². The second-order valence-corrected chi connectivity index (χ2v) is 8.82. The van der Waals surface area contributed by atoms with E-state index in [9.17, 15) is 21.6 Å². The number of aliphatic carboxylic acids is 1. The van der Waals surface area contributed by atoms with Gasteiger partial charge in [0.15, 0.2) is 15.6 Å². The average Bonchev–Trinajstić information content (AvgIpc) is 2.57. The summed E-state index contributed by atoms with van der Waals surface area (Å²) in [6.07, 6.45) is 1.57. The summed E-state index contributed by atoms with van der Waals surface area (Å²) in [5.74, 6) is -2.67. The van der Waals surface area contributed by atoms with Crippen LogP contribution in [0, 0.1) is 0 Å². The summed E-state index contributed by atoms with van der Waals surface area (Å²) < 4.78 is 47.9. The fraction of sp³-hybridized carbons (Fsp3) is 0.900. The van der Waals surface area contributed by atoms with Crippen LogP contribution in [0.15, 0.2) is 0 Å². The van der Waals surface area contributed by atoms with Crippen LogP contribution in [-0.4, -0.2) is 62.1 Å². The lowest BCUT2D eigenvalue weighted by Crippen LogP contribution is -2.44. The first kappa shape index (κ1) is 16.4. The summed E-state index contributed by atoms with van der Waals surface area (Å²) in [5, 5.41) is 8.64. The van der Waals surface area contributed by atoms with Gasteiger partial charge in [0.25, 0.3) is 0 Å². The van der Waals surface area contributed by atoms with Crippen LogP contribution < -0.4 is 0 Å². The molecule has 19 heavy (non-hydrogen) atoms. The Morgan fingerprint density at radius 2 is 2.05 bits per heavy atom. The van der Waals surface area contributed by atoms with Crippen LogP contribution >= 0.6 is 0 Å². The minimum absolute atomic E-state index is 0.0388. The minimum atomic E-state index is -3.96. The molecular formula is C10H19NO6S2. The summed E-state index contributed by atoms with van der Waals surface area (Å²) >= 11 is 0. The molecule has 0 aromatic rings. The fourth-order valence-corrected chi connectivity index (χ4v) is 5.45. The van der Waals surface area contributed by atoms with Crippen molar-refractivity contribution in [2.45, 2.75) is 32.2 Å². The zero-order valence-electron chi connectivity index (χ0n) is 10.8. The molecule has 1 atom stereocenters. The molecular weight excluding hydrogens is 294 g/mol. The van der Waals surface area contributed by atoms with Gasteiger partial charge >= 0.3 is 5.97 Å². The normalized spacial score (nSPS) is 22.7. The summed E-state index contributed by atoms with van der Waals surface area (Å²) in [7, 11) is -7.17. The van der Waals surface area contributed by atoms with Gasteiger partial charge in [-0.3, -0.25) is 4.79 Å². The number of rotatable bonds is 7. The second-order valence-electron chi connectivity index (χ2n) is 4.67. The standard InChI is InChI=1S/C10H19NO6S2/c1-2-3-5-11(19(16,17)8-10(12)13)9-4-6-18(14,15)7-9/h9H,2-8H2,1H3,(H,12,13). The van der Waals surface area contributed by atoms with Crippen molar-refractivity contribution in [2.75, 3.05) is 23.8 Å². The van der Waals surface area contributed by atoms with Gasteiger partial charge in [-0.25, -0.2) is 16.8 Å². The Hall–Kier alpha value is -0.670. The molecule has 0 saturated carbocycles. The smallest absolute Gasteiger partial charge is 0.320 e. The molecule has 1 saturated heterocycles. The molecule has 112 valence electrons. The van der Waals surface area contributed by atoms with E-state index in [1.54, 1.807) is 0 Å². The number of carboxylic acid groups (broad SMARTS) is 1. The molecule has 7 nitrogen and oxygen atoms in total. The Bertz CT molecular complexity index is 524. The molecule has 1 rings (SSSR count). The van der Waals surface area contributed by atoms with E-state index in [2.05, 4.69) is 0 Å². The third-order valence-corrected chi connectivity index (χ3v) is 6.57. The number of carboxylic acids is 1. The van der Waals surface area contributed by atoms with Crippen LogP contribution in [0.4, 0.5) is 0 Å². The topological polar surface area (TPSA) is 109 Å². The number of hydrogen-bond donors (Lipinski definition) is 1. The van der Waals surface area contributed by atoms with E-state index >= 15 is 0 Å². The Labute approximate surface area is 113 Å². The van der Waals surface area contributed by atoms with Crippen molar-refractivity contribution in [2.24, 2.45) is 0 Å². The minimum Gasteiger partial charge on any atom is -0.480 e. The van der Waals surface area contributed by atoms with Crippen LogP contribution in [0.5, 0.6) is 0 Å². The third-order valence-electron chi connectivity index (χ3n) is 3.01. The Kier molecular flexibility index (Phi) is 5.34. The van der Waals surface area contributed by atoms with Crippen molar-refractivity contribution in [3.63, 3.8) is 0 Å². The van der Waals surface area contributed by atoms with E-state index in [0.29, 0.717) is 6.42 Å². The lowest BCUT2D eigenvalue weighted by molar-refractivity contribution is -0.134. The number of nitrogens with zero attached hydrogens (tertiary/aromatic N) is 1. The van der Waals surface area contributed by atoms with Crippen molar-refractivity contribution >= 4 is 25.8 Å². The Morgan fingerprint density at radius 3 is 2.47 bits per heavy atom. The summed E-state index contributed by atoms with van der Waals surface area (Å²) in [6, 6.07) is -0.624. The highest BCUT2D eigenvalue weighted by Crippen LogP contribution is 2.21. The van der Waals surface area contributed by atoms with Crippen molar-refractivity contribution in [3.8, 4) is 0 Å². The van der Waals surface area contributed by atoms with Crippen molar-refractivity contribution < 1.29 is 26.7 Å². The van der Waals surface area contributed by atoms with Gasteiger partial charge in [-0.05, 0) is 12.8 Å². The Morgan fingerprint density at radius 1 is 1.42 bits per heavy atom. The lowest BCUT2D eigenvalue weighted by Gasteiger charge is -2.26. The molecule has 0 aliphatic carbocycles. The SMILES string of the molecule is CCCCN(C1CCS(=O)(=O)C1)S(=O)(=O)CC(=O)O. The van der Waals surface area contributed by atoms with Gasteiger partial charge in [-0.15, -0.1) is 0 Å². The van der Waals surface area contributed by atoms with Gasteiger partial charge in [-0.1, -0.05) is 13.3 Å². The van der Waals surface area contributed by atoms with Gasteiger partial charge in [-0.2, -0.15) is 4.31 Å². The number of sulfonamides is 1. The molecule has 1 fully saturated rings. The summed E-state index contributed by atoms with van der Waals surface area (Å²) in [5.41, 5.74) is 0. The zero-order valence-corrected chi connectivity index (χ0v) is 12.4. The van der Waals surface area contributed by atoms with E-state index in [0.717, 1.165) is 10.7 Å². The maximum atomic E-state index is 12.0. The fourth-order valence-electron chi connectivity index (χ4n) is 2.10. The van der Waals surface area contributed by atoms with Crippen LogP contribution in [-0.2, 0) is 24.7 Å². The van der Waals surface area contributed by atoms with Crippen LogP contribution in [0.2, 0.25) is 0 Å². The predicted molar refractivity (Wildman–Crippen MR) is 70.1 cm³/mol. The quantitative estimate of drug-likeness (QED) is 0.690. The van der Waals surface area contributed by atoms with E-state index in [1.165, 1.54) is 0 Å². The molecule has 1 aliphatic rings. The van der Waals surface area contributed by atoms with Gasteiger partial charge in [0.1, 0.15) is 0 Å². The molecule has 0 spiro atoms. The highest BCUT2D eigenvalue weighted by Gasteiger charge is 2.38. The largest absolute Gasteiger partial charge is 0.480 e. The monoisotopic (exact) mass is 313 g/mol. The molecule has 1 aliphatic heterocycles. The van der Waals surface area contributed by atoms with Gasteiger partial charge in [0.2, 0.25) is 10.0 Å². The third kappa shape index (κ3) is 4.73. The van der Waals surface area contributed by atoms with Crippen LogP contribution in [0.3, 0.4) is 0 Å². The number of carbonyl (C=O) groups is 1. The van der Waals surface area contributed by atoms with E-state index < -0.39 is 37.6 Å². The molecule has 1 N–H and O–H groups in total. The van der Waals surface area contributed by atoms with Crippen molar-refractivity contribution in [1.29, 1.82) is 0 Å². The maximum Gasteiger partial charge on any atom is 0.320 e. The Balaban J connectivity index is 2.92. The molecule has 0 aromatic heterocycles. The zero-order chi connectivity index (χ0) is 14.7. The molecule has 0 bridgehead atoms. The highest BCUT2D eigenvalue weighted by atomic mass is 32.2. The van der Waals surface area contributed by atoms with Gasteiger partial charge < -0.3 is 5.11 Å². The number of unbranched alkanes of at least 4 members (excludes halogenated alkanes) is 1. The summed E-state index contributed by atoms with van der Waals surface area (Å²) in [6.45, 7) is 2.06.